The smallest absolute Gasteiger partial charge is 0.0753 e. The van der Waals surface area contributed by atoms with E-state index >= 15 is 0 Å². The number of nitrogens with zero attached hydrogens (tertiary/aromatic N) is 3. The molecule has 96 valence electrons. The van der Waals surface area contributed by atoms with Gasteiger partial charge >= 0.3 is 0 Å². The summed E-state index contributed by atoms with van der Waals surface area (Å²) in [7, 11) is 0. The van der Waals surface area contributed by atoms with Crippen LogP contribution in [0.1, 0.15) is 23.4 Å². The summed E-state index contributed by atoms with van der Waals surface area (Å²) in [6, 6.07) is 10.4. The Morgan fingerprint density at radius 3 is 2.95 bits per heavy atom. The molecule has 0 amide bonds. The Morgan fingerprint density at radius 1 is 1.26 bits per heavy atom. The molecule has 1 aromatic carbocycles. The molecule has 1 unspecified atom stereocenters. The van der Waals surface area contributed by atoms with Crippen molar-refractivity contribution in [1.82, 2.24) is 19.9 Å². The summed E-state index contributed by atoms with van der Waals surface area (Å²) in [4.78, 5) is 5.63. The molecule has 4 nitrogen and oxygen atoms in total. The second-order valence-electron chi connectivity index (χ2n) is 4.23. The van der Waals surface area contributed by atoms with E-state index < -0.39 is 0 Å². The van der Waals surface area contributed by atoms with Crippen LogP contribution in [0, 0.1) is 0 Å². The quantitative estimate of drug-likeness (QED) is 0.792. The molecular formula is C14H14N4S. The highest BCUT2D eigenvalue weighted by molar-refractivity contribution is 7.05. The van der Waals surface area contributed by atoms with E-state index in [0.717, 1.165) is 22.3 Å². The van der Waals surface area contributed by atoms with Crippen molar-refractivity contribution in [3.05, 3.63) is 53.2 Å². The van der Waals surface area contributed by atoms with Gasteiger partial charge in [-0.25, -0.2) is 0 Å². The molecule has 0 fully saturated rings. The third-order valence-corrected chi connectivity index (χ3v) is 3.77. The molecule has 1 atom stereocenters. The van der Waals surface area contributed by atoms with Crippen molar-refractivity contribution in [2.75, 3.05) is 6.54 Å². The molecule has 0 bridgehead atoms. The lowest BCUT2D eigenvalue weighted by molar-refractivity contribution is 0.641. The van der Waals surface area contributed by atoms with E-state index in [2.05, 4.69) is 51.1 Å². The van der Waals surface area contributed by atoms with Gasteiger partial charge in [0.2, 0.25) is 0 Å². The van der Waals surface area contributed by atoms with E-state index in [0.29, 0.717) is 0 Å². The largest absolute Gasteiger partial charge is 0.306 e. The minimum Gasteiger partial charge on any atom is -0.306 e. The molecule has 19 heavy (non-hydrogen) atoms. The molecule has 3 aromatic rings. The minimum atomic E-state index is 0.101. The molecule has 0 saturated heterocycles. The van der Waals surface area contributed by atoms with Gasteiger partial charge in [0.25, 0.3) is 0 Å². The molecule has 0 radical (unpaired) electrons. The number of pyridine rings is 1. The summed E-state index contributed by atoms with van der Waals surface area (Å²) in [6.07, 6.45) is 3.65. The highest BCUT2D eigenvalue weighted by Crippen LogP contribution is 2.28. The van der Waals surface area contributed by atoms with Crippen LogP contribution in [-0.4, -0.2) is 21.1 Å². The molecule has 2 heterocycles. The molecule has 0 aliphatic heterocycles. The zero-order chi connectivity index (χ0) is 13.1. The molecule has 0 spiro atoms. The van der Waals surface area contributed by atoms with E-state index in [1.165, 1.54) is 17.1 Å². The first kappa shape index (κ1) is 12.2. The average Bonchev–Trinajstić information content (AvgIpc) is 2.98. The molecule has 3 rings (SSSR count). The maximum atomic E-state index is 4.52. The third kappa shape index (κ3) is 2.34. The van der Waals surface area contributed by atoms with E-state index in [1.54, 1.807) is 0 Å². The van der Waals surface area contributed by atoms with E-state index in [-0.39, 0.29) is 6.04 Å². The van der Waals surface area contributed by atoms with Crippen LogP contribution in [-0.2, 0) is 0 Å². The average molecular weight is 270 g/mol. The molecule has 1 N–H and O–H groups in total. The van der Waals surface area contributed by atoms with Crippen LogP contribution in [0.5, 0.6) is 0 Å². The number of nitrogens with one attached hydrogen (secondary N) is 1. The van der Waals surface area contributed by atoms with E-state index in [4.69, 9.17) is 0 Å². The van der Waals surface area contributed by atoms with Gasteiger partial charge in [0.15, 0.2) is 0 Å². The molecule has 2 aromatic heterocycles. The van der Waals surface area contributed by atoms with Gasteiger partial charge in [0, 0.05) is 17.1 Å². The molecule has 0 aliphatic rings. The first-order valence-electron chi connectivity index (χ1n) is 6.24. The van der Waals surface area contributed by atoms with Gasteiger partial charge < -0.3 is 5.32 Å². The Morgan fingerprint density at radius 2 is 2.16 bits per heavy atom. The Labute approximate surface area is 115 Å². The lowest BCUT2D eigenvalue weighted by Crippen LogP contribution is -2.21. The fourth-order valence-corrected chi connectivity index (χ4v) is 2.83. The maximum Gasteiger partial charge on any atom is 0.0753 e. The van der Waals surface area contributed by atoms with Crippen molar-refractivity contribution in [1.29, 1.82) is 0 Å². The predicted molar refractivity (Wildman–Crippen MR) is 77.2 cm³/mol. The lowest BCUT2D eigenvalue weighted by atomic mass is 10.0. The first-order chi connectivity index (χ1) is 9.40. The van der Waals surface area contributed by atoms with Crippen molar-refractivity contribution in [3.63, 3.8) is 0 Å². The molecule has 0 saturated carbocycles. The number of fused-ring (bicyclic) bond motifs is 1. The van der Waals surface area contributed by atoms with E-state index in [1.807, 2.05) is 18.5 Å². The van der Waals surface area contributed by atoms with Crippen LogP contribution in [0.25, 0.3) is 10.9 Å². The van der Waals surface area contributed by atoms with Crippen molar-refractivity contribution in [2.24, 2.45) is 0 Å². The summed E-state index contributed by atoms with van der Waals surface area (Å²) in [6.45, 7) is 2.98. The van der Waals surface area contributed by atoms with Gasteiger partial charge in [0.05, 0.1) is 22.6 Å². The summed E-state index contributed by atoms with van der Waals surface area (Å²) in [5.41, 5.74) is 2.20. The number of para-hydroxylation sites is 1. The summed E-state index contributed by atoms with van der Waals surface area (Å²) in [5, 5.41) is 8.58. The molecule has 0 aliphatic carbocycles. The number of benzene rings is 1. The van der Waals surface area contributed by atoms with Crippen LogP contribution >= 0.6 is 11.5 Å². The summed E-state index contributed by atoms with van der Waals surface area (Å²) in [5.74, 6) is 0. The Bertz CT molecular complexity index is 661. The Balaban J connectivity index is 2.15. The molecular weight excluding hydrogens is 256 g/mol. The van der Waals surface area contributed by atoms with Gasteiger partial charge in [-0.05, 0) is 24.1 Å². The highest BCUT2D eigenvalue weighted by atomic mass is 32.1. The van der Waals surface area contributed by atoms with Gasteiger partial charge in [-0.2, -0.15) is 0 Å². The van der Waals surface area contributed by atoms with Crippen LogP contribution in [0.15, 0.2) is 42.7 Å². The second-order valence-corrected chi connectivity index (χ2v) is 5.05. The molecule has 5 heteroatoms. The maximum absolute atomic E-state index is 4.52. The predicted octanol–water partition coefficient (Wildman–Crippen LogP) is 2.79. The minimum absolute atomic E-state index is 0.101. The topological polar surface area (TPSA) is 50.7 Å². The van der Waals surface area contributed by atoms with Crippen LogP contribution in [0.4, 0.5) is 0 Å². The van der Waals surface area contributed by atoms with Crippen LogP contribution in [0.3, 0.4) is 0 Å². The summed E-state index contributed by atoms with van der Waals surface area (Å²) < 4.78 is 3.96. The van der Waals surface area contributed by atoms with Gasteiger partial charge in [-0.3, -0.25) is 4.98 Å². The van der Waals surface area contributed by atoms with Crippen LogP contribution < -0.4 is 5.32 Å². The van der Waals surface area contributed by atoms with Crippen molar-refractivity contribution in [3.8, 4) is 0 Å². The van der Waals surface area contributed by atoms with Crippen molar-refractivity contribution >= 4 is 22.4 Å². The highest BCUT2D eigenvalue weighted by Gasteiger charge is 2.18. The number of hydrogen-bond donors (Lipinski definition) is 1. The lowest BCUT2D eigenvalue weighted by Gasteiger charge is -2.17. The van der Waals surface area contributed by atoms with Crippen molar-refractivity contribution in [2.45, 2.75) is 13.0 Å². The normalized spacial score (nSPS) is 12.7. The standard InChI is InChI=1S/C14H14N4S/c1-2-15-14(12-9-17-18-19-12)11-7-3-5-10-6-4-8-16-13(10)11/h3-9,14-15H,2H2,1H3. The monoisotopic (exact) mass is 270 g/mol. The first-order valence-corrected chi connectivity index (χ1v) is 7.01. The Kier molecular flexibility index (Phi) is 3.48. The number of rotatable bonds is 4. The number of aromatic nitrogens is 3. The van der Waals surface area contributed by atoms with Gasteiger partial charge in [0.1, 0.15) is 0 Å². The fraction of sp³-hybridized carbons (Fsp3) is 0.214. The zero-order valence-electron chi connectivity index (χ0n) is 10.6. The van der Waals surface area contributed by atoms with Gasteiger partial charge in [-0.1, -0.05) is 35.7 Å². The fourth-order valence-electron chi connectivity index (χ4n) is 2.23. The SMILES string of the molecule is CCNC(c1cnns1)c1cccc2cccnc12. The van der Waals surface area contributed by atoms with E-state index in [9.17, 15) is 0 Å². The third-order valence-electron chi connectivity index (χ3n) is 3.05. The van der Waals surface area contributed by atoms with Crippen molar-refractivity contribution < 1.29 is 0 Å². The van der Waals surface area contributed by atoms with Gasteiger partial charge in [-0.15, -0.1) is 5.10 Å². The Hall–Kier alpha value is -1.85. The second kappa shape index (κ2) is 5.42. The van der Waals surface area contributed by atoms with Crippen LogP contribution in [0.2, 0.25) is 0 Å². The zero-order valence-corrected chi connectivity index (χ0v) is 11.4. The number of hydrogen-bond acceptors (Lipinski definition) is 5. The summed E-state index contributed by atoms with van der Waals surface area (Å²) >= 11 is 1.42.